The van der Waals surface area contributed by atoms with Crippen LogP contribution >= 0.6 is 0 Å². The van der Waals surface area contributed by atoms with Gasteiger partial charge in [0.15, 0.2) is 11.6 Å². The molecule has 0 amide bonds. The quantitative estimate of drug-likeness (QED) is 0.237. The van der Waals surface area contributed by atoms with Gasteiger partial charge in [0.25, 0.3) is 0 Å². The van der Waals surface area contributed by atoms with Crippen LogP contribution in [0, 0.1) is 36.4 Å². The number of hydrogen-bond acceptors (Lipinski definition) is 1. The molecule has 1 aromatic carbocycles. The largest absolute Gasteiger partial charge is 0.491 e. The molecule has 2 fully saturated rings. The second-order valence-electron chi connectivity index (χ2n) is 10.9. The zero-order chi connectivity index (χ0) is 24.7. The van der Waals surface area contributed by atoms with Crippen LogP contribution in [0.4, 0.5) is 17.6 Å². The van der Waals surface area contributed by atoms with Crippen LogP contribution in [0.3, 0.4) is 0 Å². The summed E-state index contributed by atoms with van der Waals surface area (Å²) < 4.78 is 61.1. The summed E-state index contributed by atoms with van der Waals surface area (Å²) in [5, 5.41) is 0. The Kier molecular flexibility index (Phi) is 10.1. The van der Waals surface area contributed by atoms with Crippen LogP contribution in [0.15, 0.2) is 6.07 Å². The topological polar surface area (TPSA) is 9.23 Å². The number of halogens is 4. The molecule has 5 heteroatoms. The Morgan fingerprint density at radius 2 is 1.41 bits per heavy atom. The molecule has 2 aliphatic rings. The minimum Gasteiger partial charge on any atom is -0.491 e. The van der Waals surface area contributed by atoms with Crippen molar-refractivity contribution in [1.82, 2.24) is 0 Å². The van der Waals surface area contributed by atoms with E-state index in [1.54, 1.807) is 13.8 Å². The van der Waals surface area contributed by atoms with Crippen molar-refractivity contribution in [2.75, 3.05) is 6.61 Å². The molecular weight excluding hydrogens is 440 g/mol. The van der Waals surface area contributed by atoms with Gasteiger partial charge >= 0.3 is 6.18 Å². The van der Waals surface area contributed by atoms with Crippen LogP contribution in [-0.2, 0) is 12.6 Å². The van der Waals surface area contributed by atoms with Gasteiger partial charge in [0.1, 0.15) is 0 Å². The van der Waals surface area contributed by atoms with E-state index in [0.29, 0.717) is 17.9 Å². The maximum Gasteiger partial charge on any atom is 0.419 e. The molecular formula is C29H44F4O. The summed E-state index contributed by atoms with van der Waals surface area (Å²) in [6, 6.07) is 1.43. The van der Waals surface area contributed by atoms with E-state index in [0.717, 1.165) is 30.6 Å². The van der Waals surface area contributed by atoms with E-state index in [4.69, 9.17) is 4.74 Å². The van der Waals surface area contributed by atoms with Gasteiger partial charge in [-0.2, -0.15) is 13.2 Å². The lowest BCUT2D eigenvalue weighted by Gasteiger charge is -2.38. The van der Waals surface area contributed by atoms with Crippen LogP contribution in [0.1, 0.15) is 114 Å². The fraction of sp³-hybridized carbons (Fsp3) is 0.793. The fourth-order valence-corrected chi connectivity index (χ4v) is 6.61. The Hall–Kier alpha value is -1.26. The van der Waals surface area contributed by atoms with E-state index in [1.165, 1.54) is 70.3 Å². The van der Waals surface area contributed by atoms with Gasteiger partial charge in [-0.05, 0) is 93.2 Å². The molecule has 0 heterocycles. The third-order valence-electron chi connectivity index (χ3n) is 8.61. The van der Waals surface area contributed by atoms with Crippen molar-refractivity contribution >= 4 is 0 Å². The Labute approximate surface area is 204 Å². The molecule has 2 aliphatic carbocycles. The molecule has 0 unspecified atom stereocenters. The monoisotopic (exact) mass is 484 g/mol. The summed E-state index contributed by atoms with van der Waals surface area (Å²) in [6.45, 7) is 5.68. The van der Waals surface area contributed by atoms with Gasteiger partial charge in [0, 0.05) is 0 Å². The lowest BCUT2D eigenvalue weighted by Crippen LogP contribution is -2.26. The summed E-state index contributed by atoms with van der Waals surface area (Å²) in [5.41, 5.74) is -0.543. The minimum absolute atomic E-state index is 0.108. The number of hydrogen-bond donors (Lipinski definition) is 0. The van der Waals surface area contributed by atoms with E-state index >= 15 is 0 Å². The molecule has 1 aromatic rings. The maximum atomic E-state index is 14.7. The van der Waals surface area contributed by atoms with Crippen molar-refractivity contribution in [3.63, 3.8) is 0 Å². The van der Waals surface area contributed by atoms with Crippen molar-refractivity contribution in [3.8, 4) is 5.75 Å². The highest BCUT2D eigenvalue weighted by Gasteiger charge is 2.39. The average Bonchev–Trinajstić information content (AvgIpc) is 2.80. The van der Waals surface area contributed by atoms with Crippen molar-refractivity contribution in [1.29, 1.82) is 0 Å². The van der Waals surface area contributed by atoms with Crippen LogP contribution < -0.4 is 4.74 Å². The lowest BCUT2D eigenvalue weighted by molar-refractivity contribution is -0.140. The zero-order valence-electron chi connectivity index (χ0n) is 21.4. The second kappa shape index (κ2) is 12.6. The molecule has 3 rings (SSSR count). The van der Waals surface area contributed by atoms with Gasteiger partial charge in [-0.3, -0.25) is 0 Å². The summed E-state index contributed by atoms with van der Waals surface area (Å²) in [7, 11) is 0. The lowest BCUT2D eigenvalue weighted by atomic mass is 9.68. The van der Waals surface area contributed by atoms with Gasteiger partial charge < -0.3 is 4.74 Å². The van der Waals surface area contributed by atoms with Crippen molar-refractivity contribution in [2.45, 2.75) is 117 Å². The molecule has 1 nitrogen and oxygen atoms in total. The second-order valence-corrected chi connectivity index (χ2v) is 10.9. The summed E-state index contributed by atoms with van der Waals surface area (Å²) >= 11 is 0. The minimum atomic E-state index is -4.72. The van der Waals surface area contributed by atoms with Gasteiger partial charge in [-0.1, -0.05) is 58.3 Å². The van der Waals surface area contributed by atoms with Crippen LogP contribution in [-0.4, -0.2) is 6.61 Å². The van der Waals surface area contributed by atoms with Crippen LogP contribution in [0.2, 0.25) is 0 Å². The first-order valence-electron chi connectivity index (χ1n) is 13.8. The molecule has 0 bridgehead atoms. The Bertz CT molecular complexity index is 756. The van der Waals surface area contributed by atoms with Crippen molar-refractivity contribution in [2.24, 2.45) is 23.7 Å². The number of aryl methyl sites for hydroxylation is 1. The van der Waals surface area contributed by atoms with Crippen molar-refractivity contribution < 1.29 is 22.3 Å². The van der Waals surface area contributed by atoms with Gasteiger partial charge in [0.05, 0.1) is 12.2 Å². The van der Waals surface area contributed by atoms with E-state index in [-0.39, 0.29) is 24.3 Å². The summed E-state index contributed by atoms with van der Waals surface area (Å²) in [4.78, 5) is 0. The number of benzene rings is 1. The first kappa shape index (κ1) is 27.3. The molecule has 0 aromatic heterocycles. The normalized spacial score (nSPS) is 26.0. The van der Waals surface area contributed by atoms with Crippen molar-refractivity contribution in [3.05, 3.63) is 28.6 Å². The average molecular weight is 485 g/mol. The highest BCUT2D eigenvalue weighted by atomic mass is 19.4. The standard InChI is InChI=1S/C29H44F4O/c1-4-6-7-8-21-9-14-23(15-10-21)24-16-11-22(12-17-24)13-18-25-20(3)19-26(34-5-2)28(30)27(25)29(31,32)33/h19,21-24H,4-18H2,1-3H3. The van der Waals surface area contributed by atoms with Gasteiger partial charge in [-0.15, -0.1) is 0 Å². The number of ether oxygens (including phenoxy) is 1. The van der Waals surface area contributed by atoms with E-state index in [9.17, 15) is 17.6 Å². The predicted molar refractivity (Wildman–Crippen MR) is 131 cm³/mol. The molecule has 194 valence electrons. The molecule has 0 atom stereocenters. The molecule has 2 saturated carbocycles. The maximum absolute atomic E-state index is 14.7. The first-order valence-corrected chi connectivity index (χ1v) is 13.8. The Balaban J connectivity index is 1.51. The number of rotatable bonds is 10. The number of unbranched alkanes of at least 4 members (excludes halogenated alkanes) is 2. The summed E-state index contributed by atoms with van der Waals surface area (Å²) in [5.74, 6) is 1.46. The number of alkyl halides is 3. The molecule has 0 spiro atoms. The van der Waals surface area contributed by atoms with E-state index in [1.807, 2.05) is 0 Å². The molecule has 34 heavy (non-hydrogen) atoms. The molecule has 0 saturated heterocycles. The highest BCUT2D eigenvalue weighted by molar-refractivity contribution is 5.45. The Morgan fingerprint density at radius 3 is 1.91 bits per heavy atom. The highest BCUT2D eigenvalue weighted by Crippen LogP contribution is 2.44. The van der Waals surface area contributed by atoms with Crippen LogP contribution in [0.25, 0.3) is 0 Å². The van der Waals surface area contributed by atoms with E-state index < -0.39 is 17.6 Å². The van der Waals surface area contributed by atoms with Gasteiger partial charge in [0.2, 0.25) is 0 Å². The molecule has 0 radical (unpaired) electrons. The molecule has 0 aliphatic heterocycles. The first-order chi connectivity index (χ1) is 16.2. The van der Waals surface area contributed by atoms with Gasteiger partial charge in [-0.25, -0.2) is 4.39 Å². The third kappa shape index (κ3) is 7.13. The zero-order valence-corrected chi connectivity index (χ0v) is 21.4. The van der Waals surface area contributed by atoms with E-state index in [2.05, 4.69) is 6.92 Å². The predicted octanol–water partition coefficient (Wildman–Crippen LogP) is 9.68. The smallest absolute Gasteiger partial charge is 0.419 e. The van der Waals surface area contributed by atoms with Crippen LogP contribution in [0.5, 0.6) is 5.75 Å². The molecule has 0 N–H and O–H groups in total. The SMILES string of the molecule is CCCCCC1CCC(C2CCC(CCc3c(C)cc(OCC)c(F)c3C(F)(F)F)CC2)CC1. The summed E-state index contributed by atoms with van der Waals surface area (Å²) in [6.07, 6.45) is 11.8. The Morgan fingerprint density at radius 1 is 0.853 bits per heavy atom. The fourth-order valence-electron chi connectivity index (χ4n) is 6.61. The third-order valence-corrected chi connectivity index (χ3v) is 8.61.